The first-order valence-corrected chi connectivity index (χ1v) is 8.44. The van der Waals surface area contributed by atoms with Crippen molar-refractivity contribution in [3.8, 4) is 0 Å². The molecule has 108 valence electrons. The zero-order valence-electron chi connectivity index (χ0n) is 13.1. The van der Waals surface area contributed by atoms with E-state index in [1.165, 1.54) is 48.1 Å². The first-order chi connectivity index (χ1) is 9.60. The van der Waals surface area contributed by atoms with Gasteiger partial charge in [-0.1, -0.05) is 17.7 Å². The molecular weight excluding hydrogens is 242 g/mol. The third kappa shape index (κ3) is 1.98. The predicted octanol–water partition coefficient (Wildman–Crippen LogP) is 4.85. The lowest BCUT2D eigenvalue weighted by molar-refractivity contribution is 0.00751. The predicted molar refractivity (Wildman–Crippen MR) is 85.1 cm³/mol. The molecule has 0 aromatic heterocycles. The number of nitrogens with one attached hydrogen (secondary N) is 1. The molecule has 1 heteroatoms. The van der Waals surface area contributed by atoms with Gasteiger partial charge in [-0.05, 0) is 87.7 Å². The Kier molecular flexibility index (Phi) is 2.87. The van der Waals surface area contributed by atoms with E-state index >= 15 is 0 Å². The molecule has 5 rings (SSSR count). The quantitative estimate of drug-likeness (QED) is 0.809. The van der Waals surface area contributed by atoms with Gasteiger partial charge < -0.3 is 5.32 Å². The highest BCUT2D eigenvalue weighted by Gasteiger charge is 2.48. The molecule has 0 atom stereocenters. The van der Waals surface area contributed by atoms with Crippen LogP contribution in [0.1, 0.15) is 48.8 Å². The summed E-state index contributed by atoms with van der Waals surface area (Å²) in [6, 6.07) is 5.40. The number of benzene rings is 1. The SMILES string of the molecule is Cc1cc(C)c(NC2C3CC4CC(C3)CC2C4)c(C)c1. The monoisotopic (exact) mass is 269 g/mol. The van der Waals surface area contributed by atoms with E-state index in [1.807, 2.05) is 0 Å². The van der Waals surface area contributed by atoms with Gasteiger partial charge in [0, 0.05) is 11.7 Å². The van der Waals surface area contributed by atoms with E-state index in [1.54, 1.807) is 6.42 Å². The van der Waals surface area contributed by atoms with Gasteiger partial charge in [-0.15, -0.1) is 0 Å². The van der Waals surface area contributed by atoms with E-state index in [-0.39, 0.29) is 0 Å². The van der Waals surface area contributed by atoms with Crippen molar-refractivity contribution in [3.63, 3.8) is 0 Å². The Bertz CT molecular complexity index is 480. The molecule has 0 aliphatic heterocycles. The summed E-state index contributed by atoms with van der Waals surface area (Å²) in [6.07, 6.45) is 7.52. The fraction of sp³-hybridized carbons (Fsp3) is 0.684. The average Bonchev–Trinajstić information content (AvgIpc) is 2.35. The van der Waals surface area contributed by atoms with Crippen LogP contribution in [0.3, 0.4) is 0 Å². The van der Waals surface area contributed by atoms with Gasteiger partial charge in [-0.25, -0.2) is 0 Å². The number of hydrogen-bond acceptors (Lipinski definition) is 1. The Morgan fingerprint density at radius 2 is 1.30 bits per heavy atom. The molecule has 0 saturated heterocycles. The van der Waals surface area contributed by atoms with Crippen LogP contribution in [0.15, 0.2) is 12.1 Å². The maximum Gasteiger partial charge on any atom is 0.0402 e. The second-order valence-electron chi connectivity index (χ2n) is 7.87. The van der Waals surface area contributed by atoms with Crippen LogP contribution in [-0.4, -0.2) is 6.04 Å². The van der Waals surface area contributed by atoms with Gasteiger partial charge in [0.2, 0.25) is 0 Å². The largest absolute Gasteiger partial charge is 0.381 e. The molecule has 4 bridgehead atoms. The lowest BCUT2D eigenvalue weighted by Gasteiger charge is -2.54. The second-order valence-corrected chi connectivity index (χ2v) is 7.87. The minimum absolute atomic E-state index is 0.753. The van der Waals surface area contributed by atoms with E-state index in [0.29, 0.717) is 0 Å². The molecule has 0 spiro atoms. The smallest absolute Gasteiger partial charge is 0.0402 e. The van der Waals surface area contributed by atoms with Crippen molar-refractivity contribution in [2.45, 2.75) is 58.9 Å². The zero-order chi connectivity index (χ0) is 13.9. The Hall–Kier alpha value is -0.980. The van der Waals surface area contributed by atoms with Crippen molar-refractivity contribution in [3.05, 3.63) is 28.8 Å². The summed E-state index contributed by atoms with van der Waals surface area (Å²) in [6.45, 7) is 6.73. The summed E-state index contributed by atoms with van der Waals surface area (Å²) in [5.74, 6) is 4.03. The highest BCUT2D eigenvalue weighted by atomic mass is 15.0. The molecule has 4 fully saturated rings. The van der Waals surface area contributed by atoms with E-state index in [9.17, 15) is 0 Å². The van der Waals surface area contributed by atoms with Crippen LogP contribution in [-0.2, 0) is 0 Å². The van der Waals surface area contributed by atoms with Gasteiger partial charge in [0.05, 0.1) is 0 Å². The van der Waals surface area contributed by atoms with Crippen molar-refractivity contribution in [1.29, 1.82) is 0 Å². The van der Waals surface area contributed by atoms with Gasteiger partial charge >= 0.3 is 0 Å². The standard InChI is InChI=1S/C19H27N/c1-11-4-12(2)18(13(3)5-11)20-19-16-7-14-6-15(9-16)10-17(19)8-14/h4-5,14-17,19-20H,6-10H2,1-3H3. The van der Waals surface area contributed by atoms with Gasteiger partial charge in [-0.3, -0.25) is 0 Å². The van der Waals surface area contributed by atoms with Crippen molar-refractivity contribution in [2.24, 2.45) is 23.7 Å². The van der Waals surface area contributed by atoms with E-state index in [0.717, 1.165) is 29.7 Å². The molecular formula is C19H27N. The van der Waals surface area contributed by atoms with Crippen molar-refractivity contribution < 1.29 is 0 Å². The average molecular weight is 269 g/mol. The highest BCUT2D eigenvalue weighted by molar-refractivity contribution is 5.59. The third-order valence-corrected chi connectivity index (χ3v) is 6.21. The molecule has 4 aliphatic rings. The topological polar surface area (TPSA) is 12.0 Å². The van der Waals surface area contributed by atoms with Crippen LogP contribution < -0.4 is 5.32 Å². The van der Waals surface area contributed by atoms with E-state index in [2.05, 4.69) is 38.2 Å². The van der Waals surface area contributed by atoms with Gasteiger partial charge in [0.25, 0.3) is 0 Å². The fourth-order valence-corrected chi connectivity index (χ4v) is 5.74. The Labute approximate surface area is 123 Å². The molecule has 1 aromatic rings. The molecule has 1 nitrogen and oxygen atoms in total. The second kappa shape index (κ2) is 4.51. The lowest BCUT2D eigenvalue weighted by Crippen LogP contribution is -2.51. The molecule has 1 N–H and O–H groups in total. The minimum atomic E-state index is 0.753. The molecule has 0 amide bonds. The molecule has 0 unspecified atom stereocenters. The first-order valence-electron chi connectivity index (χ1n) is 8.44. The normalized spacial score (nSPS) is 38.2. The van der Waals surface area contributed by atoms with Crippen LogP contribution >= 0.6 is 0 Å². The van der Waals surface area contributed by atoms with Crippen molar-refractivity contribution >= 4 is 5.69 Å². The lowest BCUT2D eigenvalue weighted by atomic mass is 9.54. The summed E-state index contributed by atoms with van der Waals surface area (Å²) in [5, 5.41) is 3.99. The zero-order valence-corrected chi connectivity index (χ0v) is 13.1. The third-order valence-electron chi connectivity index (χ3n) is 6.21. The number of hydrogen-bond donors (Lipinski definition) is 1. The maximum absolute atomic E-state index is 3.99. The van der Waals surface area contributed by atoms with Crippen LogP contribution in [0.2, 0.25) is 0 Å². The van der Waals surface area contributed by atoms with Gasteiger partial charge in [-0.2, -0.15) is 0 Å². The van der Waals surface area contributed by atoms with E-state index in [4.69, 9.17) is 0 Å². The van der Waals surface area contributed by atoms with Crippen molar-refractivity contribution in [1.82, 2.24) is 0 Å². The molecule has 0 radical (unpaired) electrons. The molecule has 1 aromatic carbocycles. The maximum atomic E-state index is 3.99. The number of aryl methyl sites for hydroxylation is 3. The van der Waals surface area contributed by atoms with Gasteiger partial charge in [0.15, 0.2) is 0 Å². The minimum Gasteiger partial charge on any atom is -0.381 e. The summed E-state index contributed by atoms with van der Waals surface area (Å²) in [4.78, 5) is 0. The van der Waals surface area contributed by atoms with Crippen molar-refractivity contribution in [2.75, 3.05) is 5.32 Å². The highest BCUT2D eigenvalue weighted by Crippen LogP contribution is 2.54. The summed E-state index contributed by atoms with van der Waals surface area (Å²) < 4.78 is 0. The van der Waals surface area contributed by atoms with Gasteiger partial charge in [0.1, 0.15) is 0 Å². The van der Waals surface area contributed by atoms with Crippen LogP contribution in [0, 0.1) is 44.4 Å². The number of anilines is 1. The summed E-state index contributed by atoms with van der Waals surface area (Å²) in [7, 11) is 0. The van der Waals surface area contributed by atoms with Crippen LogP contribution in [0.5, 0.6) is 0 Å². The van der Waals surface area contributed by atoms with E-state index < -0.39 is 0 Å². The first kappa shape index (κ1) is 12.7. The Balaban J connectivity index is 1.61. The summed E-state index contributed by atoms with van der Waals surface area (Å²) in [5.41, 5.74) is 5.66. The molecule has 0 heterocycles. The Morgan fingerprint density at radius 3 is 1.80 bits per heavy atom. The number of rotatable bonds is 2. The fourth-order valence-electron chi connectivity index (χ4n) is 5.74. The van der Waals surface area contributed by atoms with Crippen LogP contribution in [0.4, 0.5) is 5.69 Å². The molecule has 4 saturated carbocycles. The summed E-state index contributed by atoms with van der Waals surface area (Å²) >= 11 is 0. The molecule has 20 heavy (non-hydrogen) atoms. The Morgan fingerprint density at radius 1 is 0.800 bits per heavy atom. The molecule has 4 aliphatic carbocycles. The van der Waals surface area contributed by atoms with Crippen LogP contribution in [0.25, 0.3) is 0 Å².